The van der Waals surface area contributed by atoms with Gasteiger partial charge in [-0.3, -0.25) is 4.99 Å². The Kier molecular flexibility index (Phi) is 9.43. The molecular weight excluding hydrogens is 419 g/mol. The first-order chi connectivity index (χ1) is 10.6. The van der Waals surface area contributed by atoms with Crippen LogP contribution in [0.2, 0.25) is 0 Å². The predicted octanol–water partition coefficient (Wildman–Crippen LogP) is 3.95. The van der Waals surface area contributed by atoms with Crippen molar-refractivity contribution in [1.29, 1.82) is 0 Å². The highest BCUT2D eigenvalue weighted by molar-refractivity contribution is 14.0. The number of halogens is 1. The van der Waals surface area contributed by atoms with Crippen molar-refractivity contribution in [2.45, 2.75) is 47.0 Å². The number of hydrogen-bond acceptors (Lipinski definition) is 3. The Bertz CT molecular complexity index is 487. The fraction of sp³-hybridized carbons (Fsp3) is 0.765. The summed E-state index contributed by atoms with van der Waals surface area (Å²) in [7, 11) is 0. The molecule has 4 nitrogen and oxygen atoms in total. The number of likely N-dealkylation sites (tertiary alicyclic amines) is 1. The minimum atomic E-state index is 0. The second-order valence-electron chi connectivity index (χ2n) is 6.57. The van der Waals surface area contributed by atoms with Crippen LogP contribution in [0.25, 0.3) is 0 Å². The second-order valence-corrected chi connectivity index (χ2v) is 7.64. The summed E-state index contributed by atoms with van der Waals surface area (Å²) in [5, 5.41) is 6.73. The second kappa shape index (κ2) is 10.5. The van der Waals surface area contributed by atoms with Crippen LogP contribution in [0.5, 0.6) is 0 Å². The lowest BCUT2D eigenvalue weighted by molar-refractivity contribution is 0.403. The van der Waals surface area contributed by atoms with Gasteiger partial charge in [0.2, 0.25) is 0 Å². The Hall–Kier alpha value is -0.370. The van der Waals surface area contributed by atoms with E-state index in [0.717, 1.165) is 55.4 Å². The fourth-order valence-corrected chi connectivity index (χ4v) is 3.76. The normalized spacial score (nSPS) is 18.4. The van der Waals surface area contributed by atoms with Gasteiger partial charge in [-0.05, 0) is 38.5 Å². The third-order valence-corrected chi connectivity index (χ3v) is 4.84. The third-order valence-electron chi connectivity index (χ3n) is 4.02. The van der Waals surface area contributed by atoms with E-state index in [0.29, 0.717) is 0 Å². The summed E-state index contributed by atoms with van der Waals surface area (Å²) in [6.45, 7) is 12.9. The van der Waals surface area contributed by atoms with E-state index >= 15 is 0 Å². The van der Waals surface area contributed by atoms with Crippen molar-refractivity contribution in [3.63, 3.8) is 0 Å². The molecule has 0 bridgehead atoms. The van der Waals surface area contributed by atoms with E-state index < -0.39 is 0 Å². The molecule has 1 unspecified atom stereocenters. The van der Waals surface area contributed by atoms with Gasteiger partial charge in [0, 0.05) is 38.0 Å². The van der Waals surface area contributed by atoms with Crippen molar-refractivity contribution in [2.24, 2.45) is 16.8 Å². The number of guanidine groups is 1. The van der Waals surface area contributed by atoms with Crippen LogP contribution >= 0.6 is 35.3 Å². The number of thiazole rings is 1. The Morgan fingerprint density at radius 1 is 1.52 bits per heavy atom. The van der Waals surface area contributed by atoms with Crippen LogP contribution in [0.1, 0.15) is 44.3 Å². The van der Waals surface area contributed by atoms with Gasteiger partial charge in [0.25, 0.3) is 0 Å². The van der Waals surface area contributed by atoms with E-state index in [1.54, 1.807) is 11.3 Å². The molecule has 1 atom stereocenters. The summed E-state index contributed by atoms with van der Waals surface area (Å²) in [5.74, 6) is 2.70. The number of hydrogen-bond donors (Lipinski definition) is 1. The Balaban J connectivity index is 0.00000264. The average Bonchev–Trinajstić information content (AvgIpc) is 3.06. The summed E-state index contributed by atoms with van der Waals surface area (Å²) < 4.78 is 0. The predicted molar refractivity (Wildman–Crippen MR) is 111 cm³/mol. The van der Waals surface area contributed by atoms with E-state index in [2.05, 4.69) is 48.3 Å². The number of aliphatic imine (C=N–C) groups is 1. The van der Waals surface area contributed by atoms with Crippen LogP contribution < -0.4 is 5.32 Å². The highest BCUT2D eigenvalue weighted by Crippen LogP contribution is 2.23. The van der Waals surface area contributed by atoms with Crippen LogP contribution in [-0.4, -0.2) is 42.0 Å². The van der Waals surface area contributed by atoms with E-state index in [1.165, 1.54) is 18.5 Å². The highest BCUT2D eigenvalue weighted by Gasteiger charge is 2.25. The van der Waals surface area contributed by atoms with Gasteiger partial charge in [-0.15, -0.1) is 35.3 Å². The molecule has 0 aromatic carbocycles. The number of rotatable bonds is 6. The zero-order valence-electron chi connectivity index (χ0n) is 14.8. The molecule has 1 aromatic heterocycles. The van der Waals surface area contributed by atoms with Crippen molar-refractivity contribution in [3.05, 3.63) is 16.1 Å². The van der Waals surface area contributed by atoms with E-state index in [9.17, 15) is 0 Å². The lowest BCUT2D eigenvalue weighted by atomic mass is 9.97. The summed E-state index contributed by atoms with van der Waals surface area (Å²) in [4.78, 5) is 11.8. The molecule has 132 valence electrons. The largest absolute Gasteiger partial charge is 0.357 e. The molecule has 1 saturated heterocycles. The van der Waals surface area contributed by atoms with Gasteiger partial charge >= 0.3 is 0 Å². The molecule has 2 heterocycles. The molecule has 0 radical (unpaired) electrons. The Morgan fingerprint density at radius 2 is 2.30 bits per heavy atom. The molecule has 0 spiro atoms. The number of aryl methyl sites for hydroxylation is 1. The minimum Gasteiger partial charge on any atom is -0.357 e. The zero-order valence-corrected chi connectivity index (χ0v) is 18.0. The number of nitrogens with one attached hydrogen (secondary N) is 1. The SMILES string of the molecule is CCNC(=NCCc1csc(C)n1)N1CCC(CC(C)C)C1.I. The standard InChI is InChI=1S/C17H30N4S.HI/c1-5-18-17(19-8-6-16-12-22-14(4)20-16)21-9-7-15(11-21)10-13(2)3;/h12-13,15H,5-11H2,1-4H3,(H,18,19);1H. The molecule has 1 aliphatic heterocycles. The molecule has 2 rings (SSSR count). The van der Waals surface area contributed by atoms with Crippen LogP contribution in [-0.2, 0) is 6.42 Å². The van der Waals surface area contributed by atoms with Crippen LogP contribution in [0.15, 0.2) is 10.4 Å². The summed E-state index contributed by atoms with van der Waals surface area (Å²) in [6.07, 6.45) is 3.56. The van der Waals surface area contributed by atoms with Crippen LogP contribution in [0.3, 0.4) is 0 Å². The first-order valence-corrected chi connectivity index (χ1v) is 9.40. The molecule has 23 heavy (non-hydrogen) atoms. The lowest BCUT2D eigenvalue weighted by Crippen LogP contribution is -2.40. The van der Waals surface area contributed by atoms with Gasteiger partial charge in [-0.25, -0.2) is 4.98 Å². The van der Waals surface area contributed by atoms with Gasteiger partial charge in [0.05, 0.1) is 10.7 Å². The van der Waals surface area contributed by atoms with Crippen molar-refractivity contribution in [2.75, 3.05) is 26.2 Å². The van der Waals surface area contributed by atoms with Crippen LogP contribution in [0, 0.1) is 18.8 Å². The maximum absolute atomic E-state index is 4.81. The first kappa shape index (κ1) is 20.7. The molecule has 1 aliphatic rings. The lowest BCUT2D eigenvalue weighted by Gasteiger charge is -2.22. The Labute approximate surface area is 162 Å². The average molecular weight is 450 g/mol. The maximum Gasteiger partial charge on any atom is 0.193 e. The first-order valence-electron chi connectivity index (χ1n) is 8.52. The summed E-state index contributed by atoms with van der Waals surface area (Å²) in [5.41, 5.74) is 1.17. The maximum atomic E-state index is 4.81. The van der Waals surface area contributed by atoms with Crippen molar-refractivity contribution < 1.29 is 0 Å². The molecule has 0 amide bonds. The quantitative estimate of drug-likeness (QED) is 0.406. The van der Waals surface area contributed by atoms with Gasteiger partial charge in [-0.1, -0.05) is 13.8 Å². The number of aromatic nitrogens is 1. The zero-order chi connectivity index (χ0) is 15.9. The molecule has 6 heteroatoms. The minimum absolute atomic E-state index is 0. The van der Waals surface area contributed by atoms with Crippen molar-refractivity contribution in [3.8, 4) is 0 Å². The van der Waals surface area contributed by atoms with Gasteiger partial charge < -0.3 is 10.2 Å². The van der Waals surface area contributed by atoms with E-state index in [-0.39, 0.29) is 24.0 Å². The topological polar surface area (TPSA) is 40.5 Å². The number of nitrogens with zero attached hydrogens (tertiary/aromatic N) is 3. The monoisotopic (exact) mass is 450 g/mol. The van der Waals surface area contributed by atoms with E-state index in [1.807, 2.05) is 0 Å². The molecule has 0 saturated carbocycles. The van der Waals surface area contributed by atoms with Gasteiger partial charge in [0.15, 0.2) is 5.96 Å². The van der Waals surface area contributed by atoms with Crippen molar-refractivity contribution in [1.82, 2.24) is 15.2 Å². The van der Waals surface area contributed by atoms with E-state index in [4.69, 9.17) is 4.99 Å². The highest BCUT2D eigenvalue weighted by atomic mass is 127. The molecule has 1 aromatic rings. The van der Waals surface area contributed by atoms with Gasteiger partial charge in [0.1, 0.15) is 0 Å². The summed E-state index contributed by atoms with van der Waals surface area (Å²) >= 11 is 1.72. The molecular formula is C17H31IN4S. The summed E-state index contributed by atoms with van der Waals surface area (Å²) in [6, 6.07) is 0. The molecule has 0 aliphatic carbocycles. The smallest absolute Gasteiger partial charge is 0.193 e. The van der Waals surface area contributed by atoms with Crippen LogP contribution in [0.4, 0.5) is 0 Å². The third kappa shape index (κ3) is 6.95. The van der Waals surface area contributed by atoms with Crippen molar-refractivity contribution >= 4 is 41.3 Å². The molecule has 1 N–H and O–H groups in total. The Morgan fingerprint density at radius 3 is 2.91 bits per heavy atom. The fourth-order valence-electron chi connectivity index (χ4n) is 3.11. The molecule has 1 fully saturated rings. The van der Waals surface area contributed by atoms with Gasteiger partial charge in [-0.2, -0.15) is 0 Å².